The summed E-state index contributed by atoms with van der Waals surface area (Å²) in [4.78, 5) is 12.4. The van der Waals surface area contributed by atoms with E-state index < -0.39 is 10.0 Å². The number of anilines is 1. The number of hydrogen-bond donors (Lipinski definition) is 1. The monoisotopic (exact) mass is 371 g/mol. The number of amides is 1. The molecule has 0 heterocycles. The molecule has 0 bridgehead atoms. The average molecular weight is 371 g/mol. The van der Waals surface area contributed by atoms with Gasteiger partial charge in [-0.05, 0) is 62.1 Å². The number of hydrogen-bond acceptors (Lipinski definition) is 4. The Hall–Kier alpha value is -2.67. The number of carbonyl (C=O) groups is 1. The number of benzene rings is 2. The minimum Gasteiger partial charge on any atom is -0.269 e. The highest BCUT2D eigenvalue weighted by atomic mass is 32.2. The Balaban J connectivity index is 1.72. The highest BCUT2D eigenvalue weighted by Crippen LogP contribution is 2.22. The highest BCUT2D eigenvalue weighted by molar-refractivity contribution is 7.92. The van der Waals surface area contributed by atoms with E-state index in [2.05, 4.69) is 10.5 Å². The van der Waals surface area contributed by atoms with Crippen molar-refractivity contribution >= 4 is 27.3 Å². The van der Waals surface area contributed by atoms with E-state index in [1.165, 1.54) is 11.4 Å². The predicted molar refractivity (Wildman–Crippen MR) is 102 cm³/mol. The summed E-state index contributed by atoms with van der Waals surface area (Å²) in [7, 11) is -2.15. The van der Waals surface area contributed by atoms with E-state index in [1.54, 1.807) is 54.6 Å². The van der Waals surface area contributed by atoms with E-state index in [9.17, 15) is 13.2 Å². The molecule has 2 aromatic carbocycles. The molecule has 0 spiro atoms. The van der Waals surface area contributed by atoms with Gasteiger partial charge in [0.2, 0.25) is 0 Å². The molecule has 1 saturated carbocycles. The molecule has 0 aromatic heterocycles. The molecule has 26 heavy (non-hydrogen) atoms. The molecular weight excluding hydrogens is 350 g/mol. The molecule has 6 nitrogen and oxygen atoms in total. The van der Waals surface area contributed by atoms with Crippen LogP contribution >= 0.6 is 0 Å². The summed E-state index contributed by atoms with van der Waals surface area (Å²) in [6.45, 7) is 0. The van der Waals surface area contributed by atoms with Gasteiger partial charge in [0, 0.05) is 18.3 Å². The fourth-order valence-corrected chi connectivity index (χ4v) is 4.02. The Labute approximate surface area is 153 Å². The number of nitrogens with one attached hydrogen (secondary N) is 1. The van der Waals surface area contributed by atoms with Crippen LogP contribution in [0.5, 0.6) is 0 Å². The Morgan fingerprint density at radius 2 is 1.62 bits per heavy atom. The second kappa shape index (κ2) is 7.70. The lowest BCUT2D eigenvalue weighted by Gasteiger charge is -2.19. The van der Waals surface area contributed by atoms with Crippen molar-refractivity contribution < 1.29 is 13.2 Å². The van der Waals surface area contributed by atoms with Crippen LogP contribution in [-0.4, -0.2) is 27.1 Å². The number of nitrogens with zero attached hydrogens (tertiary/aromatic N) is 2. The first-order chi connectivity index (χ1) is 12.5. The molecular formula is C19H21N3O3S. The standard InChI is InChI=1S/C19H21N3O3S/c1-22(26(24,25)18-9-3-2-4-10-18)17-13-11-15(12-14-17)19(23)21-20-16-7-5-6-8-16/h2-4,9-14H,5-8H2,1H3,(H,21,23). The molecule has 7 heteroatoms. The number of rotatable bonds is 5. The third kappa shape index (κ3) is 3.94. The molecule has 0 unspecified atom stereocenters. The van der Waals surface area contributed by atoms with Gasteiger partial charge in [-0.1, -0.05) is 18.2 Å². The van der Waals surface area contributed by atoms with Crippen molar-refractivity contribution in [2.24, 2.45) is 5.10 Å². The zero-order valence-electron chi connectivity index (χ0n) is 14.6. The number of carbonyl (C=O) groups excluding carboxylic acids is 1. The Bertz CT molecular complexity index is 899. The molecule has 3 rings (SSSR count). The molecule has 0 aliphatic heterocycles. The lowest BCUT2D eigenvalue weighted by atomic mass is 10.2. The van der Waals surface area contributed by atoms with Crippen molar-refractivity contribution in [3.8, 4) is 0 Å². The van der Waals surface area contributed by atoms with Crippen molar-refractivity contribution in [2.75, 3.05) is 11.4 Å². The lowest BCUT2D eigenvalue weighted by Crippen LogP contribution is -2.26. The molecule has 2 aromatic rings. The third-order valence-electron chi connectivity index (χ3n) is 4.39. The topological polar surface area (TPSA) is 78.8 Å². The van der Waals surface area contributed by atoms with Gasteiger partial charge in [0.15, 0.2) is 0 Å². The van der Waals surface area contributed by atoms with Gasteiger partial charge in [-0.25, -0.2) is 13.8 Å². The van der Waals surface area contributed by atoms with Crippen molar-refractivity contribution in [1.29, 1.82) is 0 Å². The smallest absolute Gasteiger partial charge is 0.269 e. The molecule has 1 aliphatic carbocycles. The molecule has 1 N–H and O–H groups in total. The molecule has 1 fully saturated rings. The Kier molecular flexibility index (Phi) is 5.37. The summed E-state index contributed by atoms with van der Waals surface area (Å²) in [5.74, 6) is -0.301. The molecule has 0 atom stereocenters. The van der Waals surface area contributed by atoms with E-state index in [-0.39, 0.29) is 10.8 Å². The van der Waals surface area contributed by atoms with Gasteiger partial charge in [-0.2, -0.15) is 5.10 Å². The van der Waals surface area contributed by atoms with E-state index >= 15 is 0 Å². The summed E-state index contributed by atoms with van der Waals surface area (Å²) in [5, 5.41) is 4.15. The second-order valence-electron chi connectivity index (χ2n) is 6.16. The van der Waals surface area contributed by atoms with Gasteiger partial charge in [0.05, 0.1) is 10.6 Å². The fourth-order valence-electron chi connectivity index (χ4n) is 2.80. The van der Waals surface area contributed by atoms with Crippen LogP contribution in [-0.2, 0) is 10.0 Å². The third-order valence-corrected chi connectivity index (χ3v) is 6.19. The van der Waals surface area contributed by atoms with Crippen molar-refractivity contribution in [1.82, 2.24) is 5.43 Å². The van der Waals surface area contributed by atoms with Gasteiger partial charge in [-0.3, -0.25) is 9.10 Å². The average Bonchev–Trinajstić information content (AvgIpc) is 3.20. The largest absolute Gasteiger partial charge is 0.271 e. The van der Waals surface area contributed by atoms with Gasteiger partial charge in [0.1, 0.15) is 0 Å². The van der Waals surface area contributed by atoms with Crippen LogP contribution in [0.2, 0.25) is 0 Å². The predicted octanol–water partition coefficient (Wildman–Crippen LogP) is 3.17. The first-order valence-electron chi connectivity index (χ1n) is 8.48. The summed E-state index contributed by atoms with van der Waals surface area (Å²) >= 11 is 0. The maximum atomic E-state index is 12.6. The quantitative estimate of drug-likeness (QED) is 0.820. The minimum atomic E-state index is -3.64. The van der Waals surface area contributed by atoms with Crippen LogP contribution in [0, 0.1) is 0 Å². The number of sulfonamides is 1. The Morgan fingerprint density at radius 1 is 1.00 bits per heavy atom. The first kappa shape index (κ1) is 18.1. The second-order valence-corrected chi connectivity index (χ2v) is 8.13. The molecule has 0 saturated heterocycles. The van der Waals surface area contributed by atoms with Crippen molar-refractivity contribution in [3.63, 3.8) is 0 Å². The van der Waals surface area contributed by atoms with E-state index in [0.29, 0.717) is 11.3 Å². The molecule has 1 amide bonds. The van der Waals surface area contributed by atoms with Gasteiger partial charge < -0.3 is 0 Å². The normalized spacial score (nSPS) is 14.1. The van der Waals surface area contributed by atoms with Crippen LogP contribution in [0.1, 0.15) is 36.0 Å². The molecule has 1 aliphatic rings. The van der Waals surface area contributed by atoms with E-state index in [1.807, 2.05) is 0 Å². The molecule has 0 radical (unpaired) electrons. The zero-order valence-corrected chi connectivity index (χ0v) is 15.4. The zero-order chi connectivity index (χ0) is 18.6. The maximum absolute atomic E-state index is 12.6. The minimum absolute atomic E-state index is 0.219. The maximum Gasteiger partial charge on any atom is 0.271 e. The Morgan fingerprint density at radius 3 is 2.23 bits per heavy atom. The lowest BCUT2D eigenvalue weighted by molar-refractivity contribution is 0.0954. The van der Waals surface area contributed by atoms with Crippen LogP contribution in [0.25, 0.3) is 0 Å². The van der Waals surface area contributed by atoms with E-state index in [4.69, 9.17) is 0 Å². The summed E-state index contributed by atoms with van der Waals surface area (Å²) in [6.07, 6.45) is 4.10. The van der Waals surface area contributed by atoms with Crippen molar-refractivity contribution in [2.45, 2.75) is 30.6 Å². The summed E-state index contributed by atoms with van der Waals surface area (Å²) in [6, 6.07) is 14.6. The molecule has 136 valence electrons. The fraction of sp³-hybridized carbons (Fsp3) is 0.263. The van der Waals surface area contributed by atoms with Crippen molar-refractivity contribution in [3.05, 3.63) is 60.2 Å². The first-order valence-corrected chi connectivity index (χ1v) is 9.92. The number of hydrazone groups is 1. The summed E-state index contributed by atoms with van der Waals surface area (Å²) in [5.41, 5.74) is 4.49. The van der Waals surface area contributed by atoms with Crippen LogP contribution in [0.15, 0.2) is 64.6 Å². The summed E-state index contributed by atoms with van der Waals surface area (Å²) < 4.78 is 26.5. The highest BCUT2D eigenvalue weighted by Gasteiger charge is 2.21. The van der Waals surface area contributed by atoms with E-state index in [0.717, 1.165) is 31.4 Å². The van der Waals surface area contributed by atoms with Gasteiger partial charge >= 0.3 is 0 Å². The van der Waals surface area contributed by atoms with Gasteiger partial charge in [-0.15, -0.1) is 0 Å². The van der Waals surface area contributed by atoms with Crippen LogP contribution in [0.3, 0.4) is 0 Å². The SMILES string of the molecule is CN(c1ccc(C(=O)NN=C2CCCC2)cc1)S(=O)(=O)c1ccccc1. The van der Waals surface area contributed by atoms with Gasteiger partial charge in [0.25, 0.3) is 15.9 Å². The van der Waals surface area contributed by atoms with Crippen LogP contribution in [0.4, 0.5) is 5.69 Å². The van der Waals surface area contributed by atoms with Crippen LogP contribution < -0.4 is 9.73 Å².